The average Bonchev–Trinajstić information content (AvgIpc) is 3.05. The second-order valence-electron chi connectivity index (χ2n) is 4.68. The normalized spacial score (nSPS) is 13.6. The summed E-state index contributed by atoms with van der Waals surface area (Å²) in [6.07, 6.45) is 0. The van der Waals surface area contributed by atoms with Gasteiger partial charge in [0.2, 0.25) is 0 Å². The van der Waals surface area contributed by atoms with Crippen molar-refractivity contribution in [2.45, 2.75) is 9.79 Å². The number of hydrogen-bond acceptors (Lipinski definition) is 2. The van der Waals surface area contributed by atoms with Gasteiger partial charge in [0, 0.05) is 0 Å². The van der Waals surface area contributed by atoms with E-state index in [2.05, 4.69) is 48.5 Å². The van der Waals surface area contributed by atoms with E-state index in [-0.39, 0.29) is 0 Å². The van der Waals surface area contributed by atoms with Crippen molar-refractivity contribution in [2.24, 2.45) is 0 Å². The molecule has 0 saturated heterocycles. The fourth-order valence-electron chi connectivity index (χ4n) is 2.59. The molecule has 96 valence electrons. The molecule has 0 saturated carbocycles. The SMILES string of the molecule is c1ccc2c3c([se]c2c1)-c1[se]c2ccccc2c1SS3. The van der Waals surface area contributed by atoms with E-state index in [0.29, 0.717) is 29.0 Å². The molecule has 0 amide bonds. The van der Waals surface area contributed by atoms with Gasteiger partial charge >= 0.3 is 137 Å². The van der Waals surface area contributed by atoms with Gasteiger partial charge in [-0.3, -0.25) is 0 Å². The fourth-order valence-corrected chi connectivity index (χ4v) is 12.7. The predicted molar refractivity (Wildman–Crippen MR) is 92.5 cm³/mol. The third-order valence-corrected chi connectivity index (χ3v) is 12.3. The van der Waals surface area contributed by atoms with Gasteiger partial charge in [0.1, 0.15) is 0 Å². The van der Waals surface area contributed by atoms with Gasteiger partial charge in [0.05, 0.1) is 0 Å². The van der Waals surface area contributed by atoms with Crippen molar-refractivity contribution in [3.63, 3.8) is 0 Å². The maximum absolute atomic E-state index is 2.31. The second kappa shape index (κ2) is 4.58. The zero-order valence-electron chi connectivity index (χ0n) is 10.3. The molecule has 0 radical (unpaired) electrons. The molecule has 0 unspecified atom stereocenters. The van der Waals surface area contributed by atoms with Crippen molar-refractivity contribution in [3.8, 4) is 8.87 Å². The van der Waals surface area contributed by atoms with Gasteiger partial charge in [-0.1, -0.05) is 0 Å². The van der Waals surface area contributed by atoms with Gasteiger partial charge in [-0.05, 0) is 0 Å². The Morgan fingerprint density at radius 1 is 0.600 bits per heavy atom. The molecule has 0 aliphatic carbocycles. The molecule has 2 aromatic heterocycles. The zero-order valence-corrected chi connectivity index (χ0v) is 15.3. The van der Waals surface area contributed by atoms with Crippen LogP contribution in [0.25, 0.3) is 28.2 Å². The van der Waals surface area contributed by atoms with Crippen molar-refractivity contribution in [3.05, 3.63) is 48.5 Å². The van der Waals surface area contributed by atoms with Crippen LogP contribution in [0.1, 0.15) is 0 Å². The molecular weight excluding hydrogens is 414 g/mol. The van der Waals surface area contributed by atoms with Gasteiger partial charge in [-0.2, -0.15) is 0 Å². The first kappa shape index (κ1) is 12.2. The summed E-state index contributed by atoms with van der Waals surface area (Å²) < 4.78 is 6.49. The first-order valence-corrected chi connectivity index (χ1v) is 11.9. The summed E-state index contributed by atoms with van der Waals surface area (Å²) in [5.74, 6) is 0. The molecule has 4 heteroatoms. The third kappa shape index (κ3) is 1.64. The Labute approximate surface area is 136 Å². The van der Waals surface area contributed by atoms with Crippen molar-refractivity contribution >= 4 is 69.9 Å². The second-order valence-corrected chi connectivity index (χ2v) is 11.2. The molecule has 0 atom stereocenters. The molecule has 20 heavy (non-hydrogen) atoms. The summed E-state index contributed by atoms with van der Waals surface area (Å²) in [7, 11) is 3.96. The van der Waals surface area contributed by atoms with Crippen LogP contribution in [0.4, 0.5) is 0 Å². The maximum atomic E-state index is 2.31. The van der Waals surface area contributed by atoms with Gasteiger partial charge in [0.25, 0.3) is 0 Å². The minimum absolute atomic E-state index is 0.504. The van der Waals surface area contributed by atoms with Crippen LogP contribution in [0.5, 0.6) is 0 Å². The molecule has 4 aromatic rings. The van der Waals surface area contributed by atoms with E-state index < -0.39 is 0 Å². The third-order valence-electron chi connectivity index (χ3n) is 3.51. The van der Waals surface area contributed by atoms with Gasteiger partial charge in [-0.15, -0.1) is 0 Å². The molecule has 0 bridgehead atoms. The number of hydrogen-bond donors (Lipinski definition) is 0. The van der Waals surface area contributed by atoms with Gasteiger partial charge in [-0.25, -0.2) is 0 Å². The standard InChI is InChI=1S/C16H8S2Se2/c1-3-7-11-9(5-1)13-15(19-11)16-14(18-17-13)10-6-2-4-8-12(10)20-16/h1-8H. The Bertz CT molecular complexity index is 885. The van der Waals surface area contributed by atoms with Gasteiger partial charge in [0.15, 0.2) is 0 Å². The van der Waals surface area contributed by atoms with Crippen LogP contribution in [0.2, 0.25) is 0 Å². The quantitative estimate of drug-likeness (QED) is 0.293. The van der Waals surface area contributed by atoms with Crippen molar-refractivity contribution in [1.82, 2.24) is 0 Å². The van der Waals surface area contributed by atoms with Gasteiger partial charge < -0.3 is 0 Å². The number of fused-ring (bicyclic) bond motifs is 7. The minimum atomic E-state index is 0.504. The van der Waals surface area contributed by atoms with E-state index >= 15 is 0 Å². The van der Waals surface area contributed by atoms with Crippen LogP contribution < -0.4 is 0 Å². The summed E-state index contributed by atoms with van der Waals surface area (Å²) in [6, 6.07) is 17.9. The molecule has 3 heterocycles. The van der Waals surface area contributed by atoms with Crippen molar-refractivity contribution in [2.75, 3.05) is 0 Å². The Hall–Kier alpha value is -0.341. The van der Waals surface area contributed by atoms with Crippen LogP contribution in [0, 0.1) is 0 Å². The summed E-state index contributed by atoms with van der Waals surface area (Å²) >= 11 is 1.01. The van der Waals surface area contributed by atoms with Crippen LogP contribution in [0.15, 0.2) is 58.3 Å². The van der Waals surface area contributed by atoms with E-state index in [1.165, 1.54) is 10.8 Å². The Morgan fingerprint density at radius 3 is 1.55 bits per heavy atom. The summed E-state index contributed by atoms with van der Waals surface area (Å²) in [4.78, 5) is 3.11. The van der Waals surface area contributed by atoms with E-state index in [9.17, 15) is 0 Å². The topological polar surface area (TPSA) is 0 Å². The van der Waals surface area contributed by atoms with Crippen molar-refractivity contribution in [1.29, 1.82) is 0 Å². The Morgan fingerprint density at radius 2 is 1.05 bits per heavy atom. The summed E-state index contributed by atoms with van der Waals surface area (Å²) in [5.41, 5.74) is 0. The fraction of sp³-hybridized carbons (Fsp3) is 0. The molecule has 0 nitrogen and oxygen atoms in total. The predicted octanol–water partition coefficient (Wildman–Crippen LogP) is 4.89. The van der Waals surface area contributed by atoms with E-state index in [0.717, 1.165) is 0 Å². The molecule has 1 aliphatic heterocycles. The van der Waals surface area contributed by atoms with E-state index in [1.54, 1.807) is 27.2 Å². The Kier molecular flexibility index (Phi) is 2.80. The molecule has 5 rings (SSSR count). The van der Waals surface area contributed by atoms with Crippen LogP contribution in [-0.4, -0.2) is 29.0 Å². The molecule has 0 fully saturated rings. The van der Waals surface area contributed by atoms with Crippen LogP contribution in [0.3, 0.4) is 0 Å². The monoisotopic (exact) mass is 424 g/mol. The zero-order chi connectivity index (χ0) is 13.1. The molecular formula is C16H8S2Se2. The van der Waals surface area contributed by atoms with E-state index in [1.807, 2.05) is 21.6 Å². The molecule has 0 N–H and O–H groups in total. The number of benzene rings is 2. The first-order valence-electron chi connectivity index (χ1n) is 6.30. The number of rotatable bonds is 0. The molecule has 2 aromatic carbocycles. The van der Waals surface area contributed by atoms with Crippen LogP contribution in [-0.2, 0) is 0 Å². The first-order chi connectivity index (χ1) is 9.92. The summed E-state index contributed by atoms with van der Waals surface area (Å²) in [6.45, 7) is 0. The van der Waals surface area contributed by atoms with Crippen LogP contribution >= 0.6 is 21.6 Å². The summed E-state index contributed by atoms with van der Waals surface area (Å²) in [5, 5.41) is 3.00. The van der Waals surface area contributed by atoms with E-state index in [4.69, 9.17) is 0 Å². The molecule has 0 spiro atoms. The molecule has 1 aliphatic rings. The Balaban J connectivity index is 1.91. The average molecular weight is 422 g/mol. The van der Waals surface area contributed by atoms with Crippen molar-refractivity contribution < 1.29 is 0 Å².